The van der Waals surface area contributed by atoms with E-state index in [4.69, 9.17) is 5.11 Å². The van der Waals surface area contributed by atoms with Crippen LogP contribution in [0.25, 0.3) is 0 Å². The first-order valence-electron chi connectivity index (χ1n) is 13.6. The number of carbonyl (C=O) groups excluding carboxylic acids is 1. The number of anilines is 1. The summed E-state index contributed by atoms with van der Waals surface area (Å²) in [5, 5.41) is 9.00. The average molecular weight is 526 g/mol. The summed E-state index contributed by atoms with van der Waals surface area (Å²) in [6.07, 6.45) is 6.00. The SMILES string of the molecule is CC1CN(c2ccc3c(c2)C(c2ccccc2)CN(C)CC3)C(=O)N1C1CCC(CCC(=O)O)CC1.Cl. The Morgan fingerprint density at radius 1 is 1.03 bits per heavy atom. The molecule has 37 heavy (non-hydrogen) atoms. The zero-order valence-electron chi connectivity index (χ0n) is 22.0. The van der Waals surface area contributed by atoms with Crippen LogP contribution in [0.1, 0.15) is 68.1 Å². The highest BCUT2D eigenvalue weighted by Gasteiger charge is 2.41. The Balaban J connectivity index is 0.00000320. The van der Waals surface area contributed by atoms with E-state index < -0.39 is 5.97 Å². The summed E-state index contributed by atoms with van der Waals surface area (Å²) in [5.74, 6) is 0.0538. The van der Waals surface area contributed by atoms with Crippen molar-refractivity contribution in [2.45, 2.75) is 69.9 Å². The molecule has 2 heterocycles. The minimum Gasteiger partial charge on any atom is -0.481 e. The Morgan fingerprint density at radius 3 is 2.46 bits per heavy atom. The number of likely N-dealkylation sites (N-methyl/N-ethyl adjacent to an activating group) is 1. The van der Waals surface area contributed by atoms with Gasteiger partial charge in [0.15, 0.2) is 0 Å². The third-order valence-electron chi connectivity index (χ3n) is 8.63. The van der Waals surface area contributed by atoms with Crippen molar-refractivity contribution in [1.29, 1.82) is 0 Å². The number of amides is 2. The molecule has 0 radical (unpaired) electrons. The zero-order chi connectivity index (χ0) is 25.2. The summed E-state index contributed by atoms with van der Waals surface area (Å²) in [4.78, 5) is 31.2. The molecule has 0 aromatic heterocycles. The number of benzene rings is 2. The molecule has 6 nitrogen and oxygen atoms in total. The predicted octanol–water partition coefficient (Wildman–Crippen LogP) is 5.78. The summed E-state index contributed by atoms with van der Waals surface area (Å²) in [7, 11) is 2.20. The van der Waals surface area contributed by atoms with Crippen molar-refractivity contribution < 1.29 is 14.7 Å². The number of aliphatic carboxylic acids is 1. The molecule has 2 amide bonds. The Hall–Kier alpha value is -2.57. The van der Waals surface area contributed by atoms with Crippen molar-refractivity contribution in [3.05, 3.63) is 65.2 Å². The number of hydrogen-bond donors (Lipinski definition) is 1. The van der Waals surface area contributed by atoms with E-state index in [1.54, 1.807) is 0 Å². The Morgan fingerprint density at radius 2 is 1.76 bits per heavy atom. The van der Waals surface area contributed by atoms with E-state index in [2.05, 4.69) is 72.3 Å². The summed E-state index contributed by atoms with van der Waals surface area (Å²) < 4.78 is 0. The van der Waals surface area contributed by atoms with Crippen LogP contribution in [-0.2, 0) is 11.2 Å². The first-order chi connectivity index (χ1) is 17.4. The van der Waals surface area contributed by atoms with Gasteiger partial charge in [0.2, 0.25) is 0 Å². The summed E-state index contributed by atoms with van der Waals surface area (Å²) in [5.41, 5.74) is 5.06. The largest absolute Gasteiger partial charge is 0.481 e. The second kappa shape index (κ2) is 11.9. The van der Waals surface area contributed by atoms with E-state index in [1.807, 2.05) is 4.90 Å². The molecule has 2 aromatic rings. The van der Waals surface area contributed by atoms with E-state index in [-0.39, 0.29) is 36.9 Å². The van der Waals surface area contributed by atoms with Gasteiger partial charge in [0, 0.05) is 49.7 Å². The molecule has 0 bridgehead atoms. The van der Waals surface area contributed by atoms with Crippen LogP contribution < -0.4 is 4.90 Å². The molecule has 2 atom stereocenters. The van der Waals surface area contributed by atoms with E-state index in [1.165, 1.54) is 16.7 Å². The lowest BCUT2D eigenvalue weighted by molar-refractivity contribution is -0.137. The Labute approximate surface area is 227 Å². The van der Waals surface area contributed by atoms with Gasteiger partial charge in [0.25, 0.3) is 0 Å². The molecule has 2 unspecified atom stereocenters. The molecule has 1 aliphatic carbocycles. The summed E-state index contributed by atoms with van der Waals surface area (Å²) >= 11 is 0. The van der Waals surface area contributed by atoms with Crippen LogP contribution in [0.4, 0.5) is 10.5 Å². The number of rotatable bonds is 6. The van der Waals surface area contributed by atoms with Crippen molar-refractivity contribution in [3.8, 4) is 0 Å². The second-order valence-electron chi connectivity index (χ2n) is 11.1. The molecule has 200 valence electrons. The lowest BCUT2D eigenvalue weighted by Gasteiger charge is -2.36. The number of urea groups is 1. The van der Waals surface area contributed by atoms with Crippen molar-refractivity contribution >= 4 is 30.1 Å². The third-order valence-corrected chi connectivity index (χ3v) is 8.63. The van der Waals surface area contributed by atoms with E-state index in [9.17, 15) is 9.59 Å². The van der Waals surface area contributed by atoms with Crippen LogP contribution in [0.2, 0.25) is 0 Å². The summed E-state index contributed by atoms with van der Waals surface area (Å²) in [6.45, 7) is 4.90. The fraction of sp³-hybridized carbons (Fsp3) is 0.533. The van der Waals surface area contributed by atoms with Crippen molar-refractivity contribution in [1.82, 2.24) is 9.80 Å². The van der Waals surface area contributed by atoms with Gasteiger partial charge in [-0.05, 0) is 87.2 Å². The quantitative estimate of drug-likeness (QED) is 0.519. The van der Waals surface area contributed by atoms with Gasteiger partial charge >= 0.3 is 12.0 Å². The molecule has 1 saturated carbocycles. The van der Waals surface area contributed by atoms with Gasteiger partial charge < -0.3 is 14.9 Å². The minimum atomic E-state index is -0.710. The Bertz CT molecular complexity index is 1090. The predicted molar refractivity (Wildman–Crippen MR) is 150 cm³/mol. The molecule has 2 aromatic carbocycles. The van der Waals surface area contributed by atoms with Crippen LogP contribution in [0.15, 0.2) is 48.5 Å². The van der Waals surface area contributed by atoms with Crippen LogP contribution in [-0.4, -0.2) is 65.7 Å². The minimum absolute atomic E-state index is 0. The van der Waals surface area contributed by atoms with Crippen molar-refractivity contribution in [2.75, 3.05) is 31.6 Å². The molecule has 2 aliphatic heterocycles. The highest BCUT2D eigenvalue weighted by atomic mass is 35.5. The molecular formula is C30H40ClN3O3. The van der Waals surface area contributed by atoms with Crippen LogP contribution in [0.3, 0.4) is 0 Å². The molecule has 5 rings (SSSR count). The normalized spacial score (nSPS) is 26.4. The monoisotopic (exact) mass is 525 g/mol. The van der Waals surface area contributed by atoms with Gasteiger partial charge in [-0.1, -0.05) is 36.4 Å². The van der Waals surface area contributed by atoms with E-state index >= 15 is 0 Å². The van der Waals surface area contributed by atoms with Crippen LogP contribution >= 0.6 is 12.4 Å². The maximum atomic E-state index is 13.7. The van der Waals surface area contributed by atoms with E-state index in [0.717, 1.165) is 57.3 Å². The molecule has 1 N–H and O–H groups in total. The maximum Gasteiger partial charge on any atom is 0.325 e. The number of fused-ring (bicyclic) bond motifs is 1. The first kappa shape index (κ1) is 27.5. The van der Waals surface area contributed by atoms with Crippen LogP contribution in [0.5, 0.6) is 0 Å². The third kappa shape index (κ3) is 5.96. The van der Waals surface area contributed by atoms with Gasteiger partial charge in [-0.3, -0.25) is 9.69 Å². The number of halogens is 1. The number of hydrogen-bond acceptors (Lipinski definition) is 3. The van der Waals surface area contributed by atoms with E-state index in [0.29, 0.717) is 18.4 Å². The topological polar surface area (TPSA) is 64.1 Å². The van der Waals surface area contributed by atoms with Gasteiger partial charge in [-0.25, -0.2) is 4.79 Å². The second-order valence-corrected chi connectivity index (χ2v) is 11.1. The molecule has 1 saturated heterocycles. The highest BCUT2D eigenvalue weighted by molar-refractivity contribution is 5.95. The van der Waals surface area contributed by atoms with Gasteiger partial charge in [-0.15, -0.1) is 12.4 Å². The number of nitrogens with zero attached hydrogens (tertiary/aromatic N) is 3. The Kier molecular flexibility index (Phi) is 8.81. The molecule has 2 fully saturated rings. The molecule has 7 heteroatoms. The van der Waals surface area contributed by atoms with Gasteiger partial charge in [0.05, 0.1) is 0 Å². The molecular weight excluding hydrogens is 486 g/mol. The zero-order valence-corrected chi connectivity index (χ0v) is 22.8. The fourth-order valence-corrected chi connectivity index (χ4v) is 6.61. The number of carbonyl (C=O) groups is 2. The molecule has 3 aliphatic rings. The van der Waals surface area contributed by atoms with Crippen LogP contribution in [0, 0.1) is 5.92 Å². The fourth-order valence-electron chi connectivity index (χ4n) is 6.61. The summed E-state index contributed by atoms with van der Waals surface area (Å²) in [6, 6.07) is 18.0. The molecule has 0 spiro atoms. The lowest BCUT2D eigenvalue weighted by Crippen LogP contribution is -2.44. The average Bonchev–Trinajstić information content (AvgIpc) is 3.08. The van der Waals surface area contributed by atoms with Gasteiger partial charge in [-0.2, -0.15) is 0 Å². The maximum absolute atomic E-state index is 13.7. The van der Waals surface area contributed by atoms with Crippen molar-refractivity contribution in [2.24, 2.45) is 5.92 Å². The first-order valence-corrected chi connectivity index (χ1v) is 13.6. The van der Waals surface area contributed by atoms with Crippen molar-refractivity contribution in [3.63, 3.8) is 0 Å². The number of carboxylic acid groups (broad SMARTS) is 1. The smallest absolute Gasteiger partial charge is 0.325 e. The standard InChI is InChI=1S/C30H39N3O3.ClH/c1-21-19-32(30(36)33(21)25-12-8-22(9-13-25)10-15-29(34)35)26-14-11-24-16-17-31(2)20-28(27(24)18-26)23-6-4-3-5-7-23;/h3-7,11,14,18,21-22,25,28H,8-10,12-13,15-17,19-20H2,1-2H3,(H,34,35);1H. The lowest BCUT2D eigenvalue weighted by atomic mass is 9.82. The van der Waals surface area contributed by atoms with Gasteiger partial charge in [0.1, 0.15) is 0 Å². The highest BCUT2D eigenvalue weighted by Crippen LogP contribution is 2.37. The number of carboxylic acids is 1.